The topological polar surface area (TPSA) is 159 Å². The summed E-state index contributed by atoms with van der Waals surface area (Å²) in [5.74, 6) is -0.440. The van der Waals surface area contributed by atoms with Gasteiger partial charge in [-0.1, -0.05) is 87.5 Å². The fourth-order valence-corrected chi connectivity index (χ4v) is 7.52. The molecule has 4 aromatic carbocycles. The molecule has 1 amide bonds. The standard InChI is InChI=1S/C42H46N4O7Si/c1-42(2,3)54(4,5)53-37(31-17-20-35(47)39-32(31)18-21-38(48)45-39)26-43-25-28-15-19-34-36(24-28)52-41(51)46(34)22-10-9-11-27-14-16-30(29-12-7-6-8-13-29)33(23-27)44-40(49)50/h6-9,11-21,23-24,37,43-44,47H,10,22,25-26H2,1-5H3,(H,45,48)(H,49,50)/b11-9+/t37-/m1/s1. The van der Waals surface area contributed by atoms with Gasteiger partial charge in [0.15, 0.2) is 13.9 Å². The number of phenols is 1. The number of allylic oxidation sites excluding steroid dienone is 1. The molecule has 54 heavy (non-hydrogen) atoms. The Morgan fingerprint density at radius 3 is 2.52 bits per heavy atom. The van der Waals surface area contributed by atoms with Gasteiger partial charge in [-0.2, -0.15) is 0 Å². The van der Waals surface area contributed by atoms with Crippen LogP contribution in [0, 0.1) is 0 Å². The normalized spacial score (nSPS) is 12.8. The highest BCUT2D eigenvalue weighted by Crippen LogP contribution is 2.41. The zero-order valence-corrected chi connectivity index (χ0v) is 32.1. The molecule has 5 N–H and O–H groups in total. The highest BCUT2D eigenvalue weighted by atomic mass is 28.4. The molecule has 6 rings (SSSR count). The number of nitrogens with zero attached hydrogens (tertiary/aromatic N) is 1. The number of aromatic hydroxyl groups is 1. The van der Waals surface area contributed by atoms with Crippen LogP contribution in [-0.2, 0) is 17.5 Å². The monoisotopic (exact) mass is 746 g/mol. The van der Waals surface area contributed by atoms with Crippen molar-refractivity contribution in [3.63, 3.8) is 0 Å². The molecule has 0 spiro atoms. The fraction of sp³-hybridized carbons (Fsp3) is 0.262. The highest BCUT2D eigenvalue weighted by molar-refractivity contribution is 6.74. The molecule has 280 valence electrons. The van der Waals surface area contributed by atoms with Gasteiger partial charge < -0.3 is 29.4 Å². The number of phenolic OH excluding ortho intramolecular Hbond substituents is 1. The molecule has 11 nitrogen and oxygen atoms in total. The smallest absolute Gasteiger partial charge is 0.419 e. The molecule has 0 aliphatic rings. The molecule has 1 atom stereocenters. The van der Waals surface area contributed by atoms with E-state index >= 15 is 0 Å². The molecule has 2 heterocycles. The van der Waals surface area contributed by atoms with Crippen molar-refractivity contribution < 1.29 is 23.9 Å². The lowest BCUT2D eigenvalue weighted by atomic mass is 10.0. The van der Waals surface area contributed by atoms with Crippen molar-refractivity contribution >= 4 is 48.2 Å². The Bertz CT molecular complexity index is 2440. The van der Waals surface area contributed by atoms with E-state index in [-0.39, 0.29) is 22.5 Å². The predicted molar refractivity (Wildman–Crippen MR) is 217 cm³/mol. The number of anilines is 1. The number of aromatic nitrogens is 2. The van der Waals surface area contributed by atoms with E-state index in [9.17, 15) is 24.6 Å². The van der Waals surface area contributed by atoms with Gasteiger partial charge in [-0.25, -0.2) is 9.59 Å². The number of aromatic amines is 1. The van der Waals surface area contributed by atoms with Crippen molar-refractivity contribution in [3.05, 3.63) is 135 Å². The van der Waals surface area contributed by atoms with Crippen LogP contribution >= 0.6 is 0 Å². The quantitative estimate of drug-likeness (QED) is 0.0734. The summed E-state index contributed by atoms with van der Waals surface area (Å²) in [5, 5.41) is 26.6. The minimum Gasteiger partial charge on any atom is -0.506 e. The number of carboxylic acid groups (broad SMARTS) is 1. The van der Waals surface area contributed by atoms with E-state index in [4.69, 9.17) is 8.84 Å². The Morgan fingerprint density at radius 2 is 1.78 bits per heavy atom. The summed E-state index contributed by atoms with van der Waals surface area (Å²) >= 11 is 0. The predicted octanol–water partition coefficient (Wildman–Crippen LogP) is 8.85. The van der Waals surface area contributed by atoms with E-state index in [1.807, 2.05) is 78.9 Å². The Balaban J connectivity index is 1.14. The number of aryl methyl sites for hydroxylation is 1. The zero-order chi connectivity index (χ0) is 38.6. The number of oxazole rings is 1. The third-order valence-electron chi connectivity index (χ3n) is 10.1. The van der Waals surface area contributed by atoms with Crippen LogP contribution < -0.4 is 21.9 Å². The first-order chi connectivity index (χ1) is 25.7. The average Bonchev–Trinajstić information content (AvgIpc) is 3.43. The number of carbonyl (C=O) groups is 1. The average molecular weight is 747 g/mol. The lowest BCUT2D eigenvalue weighted by molar-refractivity contribution is 0.181. The maximum absolute atomic E-state index is 12.9. The van der Waals surface area contributed by atoms with Crippen molar-refractivity contribution in [1.82, 2.24) is 14.9 Å². The molecule has 0 fully saturated rings. The van der Waals surface area contributed by atoms with E-state index in [1.165, 1.54) is 6.07 Å². The number of amides is 1. The number of rotatable bonds is 13. The first-order valence-electron chi connectivity index (χ1n) is 17.9. The Labute approximate surface area is 314 Å². The van der Waals surface area contributed by atoms with Crippen LogP contribution in [0.25, 0.3) is 39.2 Å². The molecule has 6 aromatic rings. The molecule has 0 saturated carbocycles. The van der Waals surface area contributed by atoms with Crippen LogP contribution in [0.4, 0.5) is 10.5 Å². The fourth-order valence-electron chi connectivity index (χ4n) is 6.24. The Hall–Kier alpha value is -5.69. The van der Waals surface area contributed by atoms with Crippen LogP contribution in [0.15, 0.2) is 111 Å². The van der Waals surface area contributed by atoms with E-state index in [1.54, 1.807) is 22.8 Å². The highest BCUT2D eigenvalue weighted by Gasteiger charge is 2.39. The summed E-state index contributed by atoms with van der Waals surface area (Å²) in [6.45, 7) is 12.3. The first kappa shape index (κ1) is 38.0. The van der Waals surface area contributed by atoms with Crippen LogP contribution in [0.5, 0.6) is 5.75 Å². The van der Waals surface area contributed by atoms with Gasteiger partial charge in [0.2, 0.25) is 5.56 Å². The molecule has 0 bridgehead atoms. The van der Waals surface area contributed by atoms with Crippen LogP contribution in [0.2, 0.25) is 18.1 Å². The lowest BCUT2D eigenvalue weighted by Crippen LogP contribution is -2.43. The molecule has 0 aliphatic carbocycles. The van der Waals surface area contributed by atoms with Gasteiger partial charge in [-0.3, -0.25) is 14.7 Å². The van der Waals surface area contributed by atoms with Gasteiger partial charge in [-0.15, -0.1) is 0 Å². The maximum Gasteiger partial charge on any atom is 0.419 e. The summed E-state index contributed by atoms with van der Waals surface area (Å²) < 4.78 is 14.2. The number of hydrogen-bond acceptors (Lipinski definition) is 7. The van der Waals surface area contributed by atoms with Gasteiger partial charge in [0.25, 0.3) is 0 Å². The summed E-state index contributed by atoms with van der Waals surface area (Å²) in [7, 11) is -2.24. The molecule has 0 unspecified atom stereocenters. The maximum atomic E-state index is 12.9. The van der Waals surface area contributed by atoms with Crippen LogP contribution in [-0.4, -0.2) is 40.7 Å². The number of hydrogen-bond donors (Lipinski definition) is 5. The number of fused-ring (bicyclic) bond motifs is 2. The summed E-state index contributed by atoms with van der Waals surface area (Å²) in [4.78, 5) is 39.2. The summed E-state index contributed by atoms with van der Waals surface area (Å²) in [6.07, 6.45) is 2.90. The molecule has 0 radical (unpaired) electrons. The van der Waals surface area contributed by atoms with Gasteiger partial charge in [0.1, 0.15) is 5.75 Å². The number of pyridine rings is 1. The minimum atomic E-state index is -2.24. The van der Waals surface area contributed by atoms with E-state index in [0.717, 1.165) is 33.2 Å². The van der Waals surface area contributed by atoms with Gasteiger partial charge in [0.05, 0.1) is 22.8 Å². The van der Waals surface area contributed by atoms with Crippen molar-refractivity contribution in [2.75, 3.05) is 11.9 Å². The van der Waals surface area contributed by atoms with Gasteiger partial charge in [-0.05, 0) is 77.1 Å². The molecule has 12 heteroatoms. The largest absolute Gasteiger partial charge is 0.506 e. The minimum absolute atomic E-state index is 0.00110. The second-order valence-corrected chi connectivity index (χ2v) is 19.7. The molecular formula is C42H46N4O7Si. The molecule has 0 saturated heterocycles. The molecule has 2 aromatic heterocycles. The molecular weight excluding hydrogens is 701 g/mol. The van der Waals surface area contributed by atoms with Crippen LogP contribution in [0.3, 0.4) is 0 Å². The van der Waals surface area contributed by atoms with E-state index in [2.05, 4.69) is 49.5 Å². The lowest BCUT2D eigenvalue weighted by Gasteiger charge is -2.39. The second kappa shape index (κ2) is 15.7. The molecule has 0 aliphatic heterocycles. The van der Waals surface area contributed by atoms with Gasteiger partial charge in [0, 0.05) is 36.7 Å². The second-order valence-electron chi connectivity index (χ2n) is 14.9. The Kier molecular flexibility index (Phi) is 11.1. The SMILES string of the molecule is CC(C)(C)[Si](C)(C)O[C@H](CNCc1ccc2c(c1)oc(=O)n2CC/C=C/c1ccc(-c2ccccc2)c(NC(=O)O)c1)c1ccc(O)c2[nH]c(=O)ccc12. The van der Waals surface area contributed by atoms with Gasteiger partial charge >= 0.3 is 11.8 Å². The summed E-state index contributed by atoms with van der Waals surface area (Å²) in [5.41, 5.74) is 6.07. The van der Waals surface area contributed by atoms with Crippen molar-refractivity contribution in [2.24, 2.45) is 0 Å². The number of H-pyrrole nitrogens is 1. The summed E-state index contributed by atoms with van der Waals surface area (Å²) in [6, 6.07) is 27.5. The van der Waals surface area contributed by atoms with Crippen molar-refractivity contribution in [2.45, 2.75) is 64.5 Å². The van der Waals surface area contributed by atoms with Crippen molar-refractivity contribution in [1.29, 1.82) is 0 Å². The number of benzene rings is 4. The van der Waals surface area contributed by atoms with E-state index in [0.29, 0.717) is 48.4 Å². The first-order valence-corrected chi connectivity index (χ1v) is 20.8. The van der Waals surface area contributed by atoms with Crippen molar-refractivity contribution in [3.8, 4) is 16.9 Å². The van der Waals surface area contributed by atoms with E-state index < -0.39 is 20.2 Å². The zero-order valence-electron chi connectivity index (χ0n) is 31.1. The third kappa shape index (κ3) is 8.57. The van der Waals surface area contributed by atoms with Crippen LogP contribution in [0.1, 0.15) is 50.0 Å². The number of nitrogens with one attached hydrogen (secondary N) is 3. The third-order valence-corrected chi connectivity index (χ3v) is 14.6. The Morgan fingerprint density at radius 1 is 1.00 bits per heavy atom.